The van der Waals surface area contributed by atoms with Crippen molar-refractivity contribution in [1.29, 1.82) is 0 Å². The highest BCUT2D eigenvalue weighted by molar-refractivity contribution is 8.01. The number of carbonyl (C=O) groups is 1. The second-order valence-corrected chi connectivity index (χ2v) is 6.97. The van der Waals surface area contributed by atoms with Crippen LogP contribution in [0, 0.1) is 6.07 Å². The Labute approximate surface area is 140 Å². The van der Waals surface area contributed by atoms with Gasteiger partial charge in [0.2, 0.25) is 0 Å². The number of carbonyl (C=O) groups excluding carboxylic acids is 1. The Kier molecular flexibility index (Phi) is 4.53. The van der Waals surface area contributed by atoms with E-state index in [0.29, 0.717) is 6.61 Å². The van der Waals surface area contributed by atoms with Crippen molar-refractivity contribution in [3.63, 3.8) is 0 Å². The summed E-state index contributed by atoms with van der Waals surface area (Å²) in [5.74, 6) is -0.0981. The van der Waals surface area contributed by atoms with Crippen LogP contribution in [0.25, 0.3) is 15.7 Å². The number of benzene rings is 1. The van der Waals surface area contributed by atoms with Crippen molar-refractivity contribution in [3.05, 3.63) is 40.9 Å². The number of nitrogens with zero attached hydrogens (tertiary/aromatic N) is 2. The predicted octanol–water partition coefficient (Wildman–Crippen LogP) is 4.12. The van der Waals surface area contributed by atoms with Crippen molar-refractivity contribution in [3.8, 4) is 6.07 Å². The van der Waals surface area contributed by atoms with E-state index in [1.807, 2.05) is 31.2 Å². The van der Waals surface area contributed by atoms with E-state index in [4.69, 9.17) is 4.74 Å². The summed E-state index contributed by atoms with van der Waals surface area (Å²) < 4.78 is 4.85. The van der Waals surface area contributed by atoms with Crippen LogP contribution >= 0.6 is 11.8 Å². The Balaban J connectivity index is 1.99. The van der Waals surface area contributed by atoms with Crippen molar-refractivity contribution in [1.82, 2.24) is 4.98 Å². The average molecular weight is 327 g/mol. The molecule has 3 rings (SSSR count). The molecule has 1 fully saturated rings. The van der Waals surface area contributed by atoms with Crippen molar-refractivity contribution in [2.75, 3.05) is 13.7 Å². The minimum atomic E-state index is -0.442. The lowest BCUT2D eigenvalue weighted by molar-refractivity contribution is -0.148. The van der Waals surface area contributed by atoms with Crippen LogP contribution in [0.2, 0.25) is 0 Å². The summed E-state index contributed by atoms with van der Waals surface area (Å²) in [6.45, 7) is 2.27. The van der Waals surface area contributed by atoms with Crippen LogP contribution in [0.5, 0.6) is 0 Å². The van der Waals surface area contributed by atoms with E-state index in [9.17, 15) is 4.79 Å². The minimum absolute atomic E-state index is 0.0981. The van der Waals surface area contributed by atoms with E-state index in [2.05, 4.69) is 15.9 Å². The first-order valence-electron chi connectivity index (χ1n) is 7.78. The Bertz CT molecular complexity index is 804. The van der Waals surface area contributed by atoms with Crippen molar-refractivity contribution in [2.24, 2.45) is 0 Å². The molecule has 2 aromatic rings. The summed E-state index contributed by atoms with van der Waals surface area (Å²) >= 11 is 1.61. The Morgan fingerprint density at radius 3 is 2.91 bits per heavy atom. The molecular weight excluding hydrogens is 308 g/mol. The van der Waals surface area contributed by atoms with E-state index < -0.39 is 4.75 Å². The van der Waals surface area contributed by atoms with Gasteiger partial charge in [0.15, 0.2) is 0 Å². The molecule has 0 atom stereocenters. The van der Waals surface area contributed by atoms with Crippen molar-refractivity contribution in [2.45, 2.75) is 35.8 Å². The molecule has 4 nitrogen and oxygen atoms in total. The number of rotatable bonds is 4. The highest BCUT2D eigenvalue weighted by Gasteiger charge is 2.46. The van der Waals surface area contributed by atoms with Gasteiger partial charge >= 0.3 is 12.0 Å². The van der Waals surface area contributed by atoms with Crippen LogP contribution in [-0.4, -0.2) is 29.4 Å². The highest BCUT2D eigenvalue weighted by Crippen LogP contribution is 2.49. The van der Waals surface area contributed by atoms with E-state index in [1.54, 1.807) is 25.0 Å². The predicted molar refractivity (Wildman–Crippen MR) is 93.1 cm³/mol. The van der Waals surface area contributed by atoms with Gasteiger partial charge in [0.1, 0.15) is 10.3 Å². The monoisotopic (exact) mass is 327 g/mol. The lowest BCUT2D eigenvalue weighted by Crippen LogP contribution is -2.43. The maximum atomic E-state index is 12.4. The van der Waals surface area contributed by atoms with Gasteiger partial charge in [-0.2, -0.15) is 0 Å². The van der Waals surface area contributed by atoms with Crippen molar-refractivity contribution >= 4 is 28.6 Å². The van der Waals surface area contributed by atoms with Crippen LogP contribution in [0.3, 0.4) is 0 Å². The number of ether oxygens (including phenoxy) is 1. The summed E-state index contributed by atoms with van der Waals surface area (Å²) in [5, 5.41) is 1.03. The summed E-state index contributed by atoms with van der Waals surface area (Å²) in [4.78, 5) is 21.8. The van der Waals surface area contributed by atoms with E-state index in [-0.39, 0.29) is 5.97 Å². The lowest BCUT2D eigenvalue weighted by atomic mass is 9.84. The molecule has 0 bridgehead atoms. The molecule has 1 heterocycles. The topological polar surface area (TPSA) is 43.5 Å². The van der Waals surface area contributed by atoms with Gasteiger partial charge in [-0.15, -0.1) is 11.8 Å². The van der Waals surface area contributed by atoms with Crippen LogP contribution in [0.15, 0.2) is 35.4 Å². The fourth-order valence-corrected chi connectivity index (χ4v) is 4.19. The van der Waals surface area contributed by atoms with Crippen LogP contribution in [0.1, 0.15) is 31.7 Å². The fraction of sp³-hybridized carbons (Fsp3) is 0.389. The molecule has 0 aliphatic heterocycles. The van der Waals surface area contributed by atoms with Crippen LogP contribution < -0.4 is 0 Å². The SMILES string of the molecule is CCOC(=O)C1(Sc2ccnc3ccc(C#[N+]C)cc23)CCC1. The second-order valence-electron chi connectivity index (χ2n) is 5.55. The summed E-state index contributed by atoms with van der Waals surface area (Å²) in [6, 6.07) is 10.9. The minimum Gasteiger partial charge on any atom is -0.465 e. The first-order valence-corrected chi connectivity index (χ1v) is 8.60. The number of pyridine rings is 1. The third kappa shape index (κ3) is 3.04. The Morgan fingerprint density at radius 2 is 2.26 bits per heavy atom. The quantitative estimate of drug-likeness (QED) is 0.792. The van der Waals surface area contributed by atoms with E-state index in [0.717, 1.165) is 40.6 Å². The molecule has 1 aromatic heterocycles. The number of hydrogen-bond donors (Lipinski definition) is 0. The molecule has 118 valence electrons. The van der Waals surface area contributed by atoms with Gasteiger partial charge in [-0.1, -0.05) is 4.85 Å². The Morgan fingerprint density at radius 1 is 1.43 bits per heavy atom. The van der Waals surface area contributed by atoms with Crippen LogP contribution in [0.4, 0.5) is 0 Å². The van der Waals surface area contributed by atoms with Gasteiger partial charge in [-0.05, 0) is 50.5 Å². The first-order chi connectivity index (χ1) is 11.2. The molecule has 0 saturated heterocycles. The van der Waals surface area contributed by atoms with Crippen molar-refractivity contribution < 1.29 is 9.53 Å². The summed E-state index contributed by atoms with van der Waals surface area (Å²) in [5.41, 5.74) is 1.82. The molecule has 1 saturated carbocycles. The molecule has 0 spiro atoms. The molecule has 1 aliphatic carbocycles. The molecule has 0 amide bonds. The van der Waals surface area contributed by atoms with Gasteiger partial charge in [0, 0.05) is 16.5 Å². The molecule has 23 heavy (non-hydrogen) atoms. The average Bonchev–Trinajstić information content (AvgIpc) is 2.51. The summed E-state index contributed by atoms with van der Waals surface area (Å²) in [7, 11) is 1.70. The second kappa shape index (κ2) is 6.59. The third-order valence-corrected chi connectivity index (χ3v) is 5.60. The fourth-order valence-electron chi connectivity index (χ4n) is 2.73. The van der Waals surface area contributed by atoms with Crippen LogP contribution in [-0.2, 0) is 9.53 Å². The smallest absolute Gasteiger partial charge is 0.322 e. The number of thioether (sulfide) groups is 1. The molecule has 5 heteroatoms. The standard InChI is InChI=1S/C18H19N2O2S/c1-3-22-17(21)18(8-4-9-18)23-16-7-10-20-15-6-5-13(12-19-2)11-14(15)16/h5-7,10-11H,3-4,8-9H2,1-2H3/q+1. The molecule has 1 aromatic carbocycles. The van der Waals surface area contributed by atoms with E-state index >= 15 is 0 Å². The zero-order chi connectivity index (χ0) is 16.3. The normalized spacial score (nSPS) is 15.4. The maximum absolute atomic E-state index is 12.4. The van der Waals surface area contributed by atoms with Gasteiger partial charge < -0.3 is 4.74 Å². The van der Waals surface area contributed by atoms with Gasteiger partial charge in [0.25, 0.3) is 7.05 Å². The number of fused-ring (bicyclic) bond motifs is 1. The van der Waals surface area contributed by atoms with E-state index in [1.165, 1.54) is 0 Å². The van der Waals surface area contributed by atoms with Gasteiger partial charge in [0.05, 0.1) is 12.1 Å². The largest absolute Gasteiger partial charge is 0.465 e. The lowest BCUT2D eigenvalue weighted by Gasteiger charge is -2.38. The Hall–Kier alpha value is -2.06. The first kappa shape index (κ1) is 15.8. The summed E-state index contributed by atoms with van der Waals surface area (Å²) in [6.07, 6.45) is 4.58. The maximum Gasteiger partial charge on any atom is 0.322 e. The van der Waals surface area contributed by atoms with Gasteiger partial charge in [-0.3, -0.25) is 9.78 Å². The third-order valence-electron chi connectivity index (χ3n) is 4.06. The molecular formula is C18H19N2O2S+. The number of esters is 1. The number of hydrogen-bond acceptors (Lipinski definition) is 4. The molecule has 0 unspecified atom stereocenters. The van der Waals surface area contributed by atoms with Gasteiger partial charge in [-0.25, -0.2) is 0 Å². The molecule has 0 N–H and O–H groups in total. The highest BCUT2D eigenvalue weighted by atomic mass is 32.2. The zero-order valence-electron chi connectivity index (χ0n) is 13.3. The molecule has 0 radical (unpaired) electrons. The number of aromatic nitrogens is 1. The molecule has 1 aliphatic rings. The zero-order valence-corrected chi connectivity index (χ0v) is 14.2.